The highest BCUT2D eigenvalue weighted by atomic mass is 79.9. The minimum atomic E-state index is -0.855. The number of amides is 1. The average molecular weight is 405 g/mol. The molecule has 2 bridgehead atoms. The molecule has 1 aromatic rings. The molecule has 0 aromatic heterocycles. The van der Waals surface area contributed by atoms with Crippen LogP contribution in [0.4, 0.5) is 5.69 Å². The number of aliphatic hydroxyl groups excluding tert-OH is 1. The van der Waals surface area contributed by atoms with Gasteiger partial charge in [-0.25, -0.2) is 0 Å². The topological polar surface area (TPSA) is 82.8 Å². The Morgan fingerprint density at radius 2 is 2.28 bits per heavy atom. The summed E-state index contributed by atoms with van der Waals surface area (Å²) < 4.78 is 12.9. The summed E-state index contributed by atoms with van der Waals surface area (Å²) in [5.41, 5.74) is -0.116. The van der Waals surface area contributed by atoms with Crippen LogP contribution in [0.5, 0.6) is 0 Å². The number of aliphatic hydroxyl groups is 1. The maximum absolute atomic E-state index is 13.3. The molecule has 7 heteroatoms. The Balaban J connectivity index is 1.62. The lowest BCUT2D eigenvalue weighted by atomic mass is 9.65. The molecular weight excluding hydrogens is 388 g/mol. The first-order valence-electron chi connectivity index (χ1n) is 8.44. The van der Waals surface area contributed by atoms with Gasteiger partial charge < -0.3 is 14.6 Å². The molecule has 0 radical (unpaired) electrons. The molecule has 4 heterocycles. The molecule has 5 rings (SSSR count). The van der Waals surface area contributed by atoms with E-state index in [0.717, 1.165) is 0 Å². The molecule has 1 amide bonds. The summed E-state index contributed by atoms with van der Waals surface area (Å²) in [5.74, 6) is -0.552. The summed E-state index contributed by atoms with van der Waals surface area (Å²) in [6, 6.07) is 7.36. The van der Waals surface area contributed by atoms with Gasteiger partial charge in [0.15, 0.2) is 0 Å². The van der Waals surface area contributed by atoms with Gasteiger partial charge in [-0.2, -0.15) is 5.26 Å². The Kier molecular flexibility index (Phi) is 3.05. The summed E-state index contributed by atoms with van der Waals surface area (Å²) in [5, 5.41) is 19.6. The Bertz CT molecular complexity index is 839. The molecule has 4 aliphatic rings. The predicted octanol–water partition coefficient (Wildman–Crippen LogP) is 1.94. The summed E-state index contributed by atoms with van der Waals surface area (Å²) >= 11 is 3.39. The Hall–Kier alpha value is -1.46. The van der Waals surface area contributed by atoms with Crippen molar-refractivity contribution in [3.05, 3.63) is 28.2 Å². The van der Waals surface area contributed by atoms with Gasteiger partial charge in [0.1, 0.15) is 17.9 Å². The Morgan fingerprint density at radius 3 is 3.00 bits per heavy atom. The molecule has 4 aliphatic heterocycles. The normalized spacial score (nSPS) is 44.1. The standard InChI is InChI=1S/C18H17BrN2O4/c1-17-12(22)7-18(25-17)4-5-24-16-14(18)13(17)15(23)21(16)10-3-2-9(8-20)11(19)6-10/h2-3,6,12-14,16,22H,4-5,7H2,1H3/t12-,13+,14-,16-,17+,18-/m0/s1. The van der Waals surface area contributed by atoms with Crippen molar-refractivity contribution in [1.82, 2.24) is 0 Å². The van der Waals surface area contributed by atoms with Crippen LogP contribution >= 0.6 is 15.9 Å². The third-order valence-corrected chi connectivity index (χ3v) is 7.09. The zero-order chi connectivity index (χ0) is 17.6. The van der Waals surface area contributed by atoms with Crippen LogP contribution in [-0.4, -0.2) is 41.2 Å². The van der Waals surface area contributed by atoms with Gasteiger partial charge in [-0.15, -0.1) is 0 Å². The molecule has 6 atom stereocenters. The first-order valence-corrected chi connectivity index (χ1v) is 9.23. The number of fused-ring (bicyclic) bond motifs is 2. The number of nitriles is 1. The smallest absolute Gasteiger partial charge is 0.235 e. The van der Waals surface area contributed by atoms with E-state index in [4.69, 9.17) is 14.7 Å². The van der Waals surface area contributed by atoms with Crippen molar-refractivity contribution in [3.63, 3.8) is 0 Å². The molecule has 0 aliphatic carbocycles. The number of rotatable bonds is 1. The van der Waals surface area contributed by atoms with Crippen molar-refractivity contribution >= 4 is 27.5 Å². The Labute approximate surface area is 153 Å². The quantitative estimate of drug-likeness (QED) is 0.772. The highest BCUT2D eigenvalue weighted by Crippen LogP contribution is 2.65. The van der Waals surface area contributed by atoms with E-state index in [1.807, 2.05) is 6.92 Å². The lowest BCUT2D eigenvalue weighted by Crippen LogP contribution is -2.53. The third-order valence-electron chi connectivity index (χ3n) is 6.44. The van der Waals surface area contributed by atoms with E-state index >= 15 is 0 Å². The van der Waals surface area contributed by atoms with Crippen molar-refractivity contribution in [2.45, 2.75) is 43.3 Å². The number of anilines is 1. The fraction of sp³-hybridized carbons (Fsp3) is 0.556. The van der Waals surface area contributed by atoms with Crippen molar-refractivity contribution in [2.24, 2.45) is 11.8 Å². The number of hydrogen-bond donors (Lipinski definition) is 1. The summed E-state index contributed by atoms with van der Waals surface area (Å²) in [6.07, 6.45) is 0.239. The van der Waals surface area contributed by atoms with Crippen molar-refractivity contribution in [3.8, 4) is 6.07 Å². The number of carbonyl (C=O) groups excluding carboxylic acids is 1. The number of ether oxygens (including phenoxy) is 2. The first-order chi connectivity index (χ1) is 11.9. The highest BCUT2D eigenvalue weighted by molar-refractivity contribution is 9.10. The Morgan fingerprint density at radius 1 is 1.48 bits per heavy atom. The van der Waals surface area contributed by atoms with E-state index in [0.29, 0.717) is 35.2 Å². The third kappa shape index (κ3) is 1.76. The number of nitrogens with zero attached hydrogens (tertiary/aromatic N) is 2. The molecule has 130 valence electrons. The van der Waals surface area contributed by atoms with Gasteiger partial charge in [0.05, 0.1) is 29.8 Å². The maximum Gasteiger partial charge on any atom is 0.235 e. The summed E-state index contributed by atoms with van der Waals surface area (Å²) in [6.45, 7) is 2.35. The molecule has 25 heavy (non-hydrogen) atoms. The van der Waals surface area contributed by atoms with Gasteiger partial charge in [0.25, 0.3) is 0 Å². The van der Waals surface area contributed by atoms with Crippen LogP contribution in [0.1, 0.15) is 25.3 Å². The van der Waals surface area contributed by atoms with E-state index in [2.05, 4.69) is 22.0 Å². The first kappa shape index (κ1) is 15.8. The summed E-state index contributed by atoms with van der Waals surface area (Å²) in [7, 11) is 0. The van der Waals surface area contributed by atoms with E-state index in [1.54, 1.807) is 23.1 Å². The maximum atomic E-state index is 13.3. The monoisotopic (exact) mass is 404 g/mol. The summed E-state index contributed by atoms with van der Waals surface area (Å²) in [4.78, 5) is 15.0. The highest BCUT2D eigenvalue weighted by Gasteiger charge is 2.77. The van der Waals surface area contributed by atoms with E-state index < -0.39 is 23.2 Å². The molecule has 1 aromatic carbocycles. The molecule has 6 nitrogen and oxygen atoms in total. The number of benzene rings is 1. The van der Waals surface area contributed by atoms with E-state index in [-0.39, 0.29) is 18.1 Å². The SMILES string of the molecule is C[C@]12O[C@@]3(CCO[C@H]4[C@@H]3[C@@H]1C(=O)N4c1ccc(C#N)c(Br)c1)C[C@@H]2O. The molecule has 1 spiro atoms. The van der Waals surface area contributed by atoms with Crippen LogP contribution in [0.15, 0.2) is 22.7 Å². The van der Waals surface area contributed by atoms with Crippen molar-refractivity contribution in [2.75, 3.05) is 11.5 Å². The zero-order valence-corrected chi connectivity index (χ0v) is 15.2. The minimum absolute atomic E-state index is 0.0726. The predicted molar refractivity (Wildman–Crippen MR) is 90.5 cm³/mol. The van der Waals surface area contributed by atoms with E-state index in [9.17, 15) is 9.90 Å². The van der Waals surface area contributed by atoms with Gasteiger partial charge in [-0.3, -0.25) is 9.69 Å². The second-order valence-electron chi connectivity index (χ2n) is 7.57. The second kappa shape index (κ2) is 4.83. The van der Waals surface area contributed by atoms with E-state index in [1.165, 1.54) is 0 Å². The molecule has 4 saturated heterocycles. The number of carbonyl (C=O) groups is 1. The van der Waals surface area contributed by atoms with Gasteiger partial charge in [-0.1, -0.05) is 0 Å². The van der Waals surface area contributed by atoms with Crippen LogP contribution in [-0.2, 0) is 14.3 Å². The molecular formula is C18H17BrN2O4. The van der Waals surface area contributed by atoms with Gasteiger partial charge in [-0.05, 0) is 41.1 Å². The van der Waals surface area contributed by atoms with Crippen LogP contribution < -0.4 is 4.90 Å². The second-order valence-corrected chi connectivity index (χ2v) is 8.42. The van der Waals surface area contributed by atoms with Gasteiger partial charge >= 0.3 is 0 Å². The zero-order valence-electron chi connectivity index (χ0n) is 13.6. The molecule has 4 fully saturated rings. The average Bonchev–Trinajstić information content (AvgIpc) is 3.12. The fourth-order valence-corrected chi connectivity index (χ4v) is 5.80. The molecule has 0 saturated carbocycles. The molecule has 1 N–H and O–H groups in total. The van der Waals surface area contributed by atoms with Crippen LogP contribution in [0.25, 0.3) is 0 Å². The number of halogens is 1. The lowest BCUT2D eigenvalue weighted by molar-refractivity contribution is -0.142. The minimum Gasteiger partial charge on any atom is -0.390 e. The fourth-order valence-electron chi connectivity index (χ4n) is 5.34. The van der Waals surface area contributed by atoms with Gasteiger partial charge in [0.2, 0.25) is 5.91 Å². The largest absolute Gasteiger partial charge is 0.390 e. The van der Waals surface area contributed by atoms with Crippen molar-refractivity contribution < 1.29 is 19.4 Å². The number of hydrogen-bond acceptors (Lipinski definition) is 5. The van der Waals surface area contributed by atoms with Crippen molar-refractivity contribution in [1.29, 1.82) is 5.26 Å². The lowest BCUT2D eigenvalue weighted by Gasteiger charge is -2.42. The van der Waals surface area contributed by atoms with Crippen LogP contribution in [0.3, 0.4) is 0 Å². The van der Waals surface area contributed by atoms with Crippen LogP contribution in [0.2, 0.25) is 0 Å². The van der Waals surface area contributed by atoms with Crippen LogP contribution in [0, 0.1) is 23.2 Å². The molecule has 0 unspecified atom stereocenters. The van der Waals surface area contributed by atoms with Gasteiger partial charge in [0, 0.05) is 28.9 Å².